The van der Waals surface area contributed by atoms with E-state index in [1.165, 1.54) is 11.1 Å². The van der Waals surface area contributed by atoms with E-state index in [1.807, 2.05) is 30.3 Å². The van der Waals surface area contributed by atoms with Gasteiger partial charge in [-0.3, -0.25) is 4.90 Å². The van der Waals surface area contributed by atoms with Gasteiger partial charge in [0.25, 0.3) is 0 Å². The molecule has 0 saturated heterocycles. The molecular weight excluding hydrogens is 248 g/mol. The third kappa shape index (κ3) is 4.08. The van der Waals surface area contributed by atoms with E-state index in [4.69, 9.17) is 10.8 Å². The van der Waals surface area contributed by atoms with Gasteiger partial charge in [0.15, 0.2) is 0 Å². The fraction of sp³-hybridized carbons (Fsp3) is 0.294. The highest BCUT2D eigenvalue weighted by Gasteiger charge is 2.05. The number of nitrogen functional groups attached to an aromatic ring is 1. The number of anilines is 1. The summed E-state index contributed by atoms with van der Waals surface area (Å²) in [5, 5.41) is 9.06. The van der Waals surface area contributed by atoms with E-state index in [9.17, 15) is 0 Å². The number of nitrogens with zero attached hydrogens (tertiary/aromatic N) is 1. The molecule has 3 nitrogen and oxygen atoms in total. The summed E-state index contributed by atoms with van der Waals surface area (Å²) < 4.78 is 0. The second-order valence-corrected chi connectivity index (χ2v) is 5.02. The quantitative estimate of drug-likeness (QED) is 0.794. The number of nitrogens with two attached hydrogens (primary N) is 1. The molecule has 0 radical (unpaired) electrons. The van der Waals surface area contributed by atoms with Crippen LogP contribution in [0.2, 0.25) is 0 Å². The molecule has 3 heteroatoms. The molecule has 0 heterocycles. The van der Waals surface area contributed by atoms with Crippen LogP contribution in [0.1, 0.15) is 23.6 Å². The van der Waals surface area contributed by atoms with Crippen molar-refractivity contribution in [1.82, 2.24) is 4.90 Å². The molecule has 2 rings (SSSR count). The van der Waals surface area contributed by atoms with Crippen molar-refractivity contribution < 1.29 is 5.11 Å². The van der Waals surface area contributed by atoms with Crippen molar-refractivity contribution in [2.75, 3.05) is 12.3 Å². The van der Waals surface area contributed by atoms with Crippen LogP contribution in [0.4, 0.5) is 5.69 Å². The third-order valence-electron chi connectivity index (χ3n) is 3.42. The van der Waals surface area contributed by atoms with E-state index in [1.54, 1.807) is 0 Å². The van der Waals surface area contributed by atoms with Gasteiger partial charge in [-0.15, -0.1) is 0 Å². The zero-order valence-corrected chi connectivity index (χ0v) is 11.9. The Morgan fingerprint density at radius 2 is 1.60 bits per heavy atom. The number of aliphatic hydroxyl groups excluding tert-OH is 1. The zero-order chi connectivity index (χ0) is 14.4. The summed E-state index contributed by atoms with van der Waals surface area (Å²) >= 11 is 0. The van der Waals surface area contributed by atoms with Crippen LogP contribution in [0.15, 0.2) is 48.5 Å². The lowest BCUT2D eigenvalue weighted by atomic mass is 10.1. The minimum atomic E-state index is 0.0983. The lowest BCUT2D eigenvalue weighted by molar-refractivity contribution is 0.271. The molecule has 20 heavy (non-hydrogen) atoms. The maximum atomic E-state index is 9.06. The van der Waals surface area contributed by atoms with Crippen LogP contribution in [0, 0.1) is 0 Å². The van der Waals surface area contributed by atoms with Crippen LogP contribution in [-0.4, -0.2) is 16.6 Å². The summed E-state index contributed by atoms with van der Waals surface area (Å²) in [5.41, 5.74) is 10.1. The average molecular weight is 270 g/mol. The van der Waals surface area contributed by atoms with Crippen LogP contribution < -0.4 is 5.73 Å². The van der Waals surface area contributed by atoms with E-state index >= 15 is 0 Å². The molecule has 0 unspecified atom stereocenters. The molecule has 0 spiro atoms. The van der Waals surface area contributed by atoms with Gasteiger partial charge in [-0.2, -0.15) is 0 Å². The highest BCUT2D eigenvalue weighted by molar-refractivity contribution is 5.40. The van der Waals surface area contributed by atoms with Gasteiger partial charge in [-0.05, 0) is 35.4 Å². The number of hydrogen-bond donors (Lipinski definition) is 2. The molecule has 0 atom stereocenters. The van der Waals surface area contributed by atoms with Crippen LogP contribution in [0.25, 0.3) is 0 Å². The summed E-state index contributed by atoms with van der Waals surface area (Å²) in [6, 6.07) is 16.1. The van der Waals surface area contributed by atoms with Crippen molar-refractivity contribution in [3.63, 3.8) is 0 Å². The smallest absolute Gasteiger partial charge is 0.0681 e. The lowest BCUT2D eigenvalue weighted by Crippen LogP contribution is -2.22. The van der Waals surface area contributed by atoms with Crippen molar-refractivity contribution in [3.05, 3.63) is 65.2 Å². The topological polar surface area (TPSA) is 49.5 Å². The Labute approximate surface area is 120 Å². The normalized spacial score (nSPS) is 10.9. The molecule has 0 aliphatic heterocycles. The molecule has 3 N–H and O–H groups in total. The standard InChI is InChI=1S/C17H22N2O/c1-2-19(12-16-4-3-5-17(18)10-16)11-14-6-8-15(13-20)9-7-14/h3-10,20H,2,11-13,18H2,1H3. The zero-order valence-electron chi connectivity index (χ0n) is 11.9. The molecule has 2 aromatic carbocycles. The van der Waals surface area contributed by atoms with E-state index in [-0.39, 0.29) is 6.61 Å². The molecule has 106 valence electrons. The van der Waals surface area contributed by atoms with Crippen molar-refractivity contribution in [3.8, 4) is 0 Å². The second-order valence-electron chi connectivity index (χ2n) is 5.02. The molecule has 0 aliphatic rings. The molecule has 0 aromatic heterocycles. The van der Waals surface area contributed by atoms with Gasteiger partial charge in [0, 0.05) is 18.8 Å². The highest BCUT2D eigenvalue weighted by Crippen LogP contribution is 2.13. The summed E-state index contributed by atoms with van der Waals surface area (Å²) in [4.78, 5) is 2.36. The molecule has 0 aliphatic carbocycles. The largest absolute Gasteiger partial charge is 0.399 e. The first kappa shape index (κ1) is 14.6. The van der Waals surface area contributed by atoms with Crippen molar-refractivity contribution in [1.29, 1.82) is 0 Å². The van der Waals surface area contributed by atoms with E-state index in [0.717, 1.165) is 30.9 Å². The Morgan fingerprint density at radius 3 is 2.20 bits per heavy atom. The fourth-order valence-electron chi connectivity index (χ4n) is 2.24. The number of rotatable bonds is 6. The molecule has 0 saturated carbocycles. The van der Waals surface area contributed by atoms with Gasteiger partial charge in [0.05, 0.1) is 6.61 Å². The lowest BCUT2D eigenvalue weighted by Gasteiger charge is -2.21. The van der Waals surface area contributed by atoms with Crippen LogP contribution >= 0.6 is 0 Å². The van der Waals surface area contributed by atoms with Crippen molar-refractivity contribution >= 4 is 5.69 Å². The SMILES string of the molecule is CCN(Cc1ccc(CO)cc1)Cc1cccc(N)c1. The first-order valence-corrected chi connectivity index (χ1v) is 6.96. The highest BCUT2D eigenvalue weighted by atomic mass is 16.3. The number of aliphatic hydroxyl groups is 1. The van der Waals surface area contributed by atoms with Gasteiger partial charge in [0.1, 0.15) is 0 Å². The third-order valence-corrected chi connectivity index (χ3v) is 3.42. The molecule has 0 bridgehead atoms. The Hall–Kier alpha value is -1.84. The first-order valence-electron chi connectivity index (χ1n) is 6.96. The van der Waals surface area contributed by atoms with E-state index < -0.39 is 0 Å². The van der Waals surface area contributed by atoms with E-state index in [2.05, 4.69) is 30.0 Å². The second kappa shape index (κ2) is 7.08. The maximum Gasteiger partial charge on any atom is 0.0681 e. The number of hydrogen-bond acceptors (Lipinski definition) is 3. The van der Waals surface area contributed by atoms with Gasteiger partial charge in [-0.25, -0.2) is 0 Å². The minimum absolute atomic E-state index is 0.0983. The van der Waals surface area contributed by atoms with Crippen molar-refractivity contribution in [2.24, 2.45) is 0 Å². The van der Waals surface area contributed by atoms with E-state index in [0.29, 0.717) is 0 Å². The van der Waals surface area contributed by atoms with Crippen LogP contribution in [0.5, 0.6) is 0 Å². The Kier molecular flexibility index (Phi) is 5.16. The predicted molar refractivity (Wildman–Crippen MR) is 83.0 cm³/mol. The molecule has 2 aromatic rings. The molecule has 0 amide bonds. The predicted octanol–water partition coefficient (Wildman–Crippen LogP) is 2.78. The van der Waals surface area contributed by atoms with Gasteiger partial charge in [0.2, 0.25) is 0 Å². The summed E-state index contributed by atoms with van der Waals surface area (Å²) in [6.07, 6.45) is 0. The fourth-order valence-corrected chi connectivity index (χ4v) is 2.24. The van der Waals surface area contributed by atoms with Crippen molar-refractivity contribution in [2.45, 2.75) is 26.6 Å². The van der Waals surface area contributed by atoms with Crippen LogP contribution in [-0.2, 0) is 19.7 Å². The Bertz CT molecular complexity index is 537. The minimum Gasteiger partial charge on any atom is -0.399 e. The molecule has 0 fully saturated rings. The van der Waals surface area contributed by atoms with Crippen LogP contribution in [0.3, 0.4) is 0 Å². The summed E-state index contributed by atoms with van der Waals surface area (Å²) in [5.74, 6) is 0. The van der Waals surface area contributed by atoms with Gasteiger partial charge < -0.3 is 10.8 Å². The Balaban J connectivity index is 2.01. The number of benzene rings is 2. The molecular formula is C17H22N2O. The first-order chi connectivity index (χ1) is 9.71. The average Bonchev–Trinajstić information content (AvgIpc) is 2.47. The monoisotopic (exact) mass is 270 g/mol. The van der Waals surface area contributed by atoms with Gasteiger partial charge in [-0.1, -0.05) is 43.3 Å². The summed E-state index contributed by atoms with van der Waals surface area (Å²) in [6.45, 7) is 5.03. The maximum absolute atomic E-state index is 9.06. The van der Waals surface area contributed by atoms with Gasteiger partial charge >= 0.3 is 0 Å². The summed E-state index contributed by atoms with van der Waals surface area (Å²) in [7, 11) is 0. The Morgan fingerprint density at radius 1 is 0.950 bits per heavy atom.